The first kappa shape index (κ1) is 17.7. The fraction of sp³-hybridized carbons (Fsp3) is 0.300. The minimum atomic E-state index is -0.252. The number of ether oxygens (including phenoxy) is 1. The number of nitrogens with zero attached hydrogens (tertiary/aromatic N) is 1. The average Bonchev–Trinajstić information content (AvgIpc) is 2.64. The highest BCUT2D eigenvalue weighted by Gasteiger charge is 2.03. The SMILES string of the molecule is CCCC/C(C)=N/NC(=O)COc1ccc(-c2ccccc2)cc1. The Balaban J connectivity index is 1.81. The quantitative estimate of drug-likeness (QED) is 0.577. The number of carbonyl (C=O) groups is 1. The van der Waals surface area contributed by atoms with Crippen molar-refractivity contribution in [1.82, 2.24) is 5.43 Å². The Kier molecular flexibility index (Phi) is 7.02. The molecule has 0 aliphatic rings. The van der Waals surface area contributed by atoms with Crippen molar-refractivity contribution in [3.8, 4) is 16.9 Å². The molecule has 126 valence electrons. The Morgan fingerprint density at radius 3 is 2.38 bits per heavy atom. The molecule has 4 heteroatoms. The highest BCUT2D eigenvalue weighted by Crippen LogP contribution is 2.21. The van der Waals surface area contributed by atoms with Gasteiger partial charge in [0.15, 0.2) is 6.61 Å². The summed E-state index contributed by atoms with van der Waals surface area (Å²) < 4.78 is 5.49. The molecule has 0 atom stereocenters. The summed E-state index contributed by atoms with van der Waals surface area (Å²) in [6.45, 7) is 4.00. The molecule has 0 aromatic heterocycles. The summed E-state index contributed by atoms with van der Waals surface area (Å²) in [6.07, 6.45) is 3.09. The fourth-order valence-corrected chi connectivity index (χ4v) is 2.20. The lowest BCUT2D eigenvalue weighted by molar-refractivity contribution is -0.123. The lowest BCUT2D eigenvalue weighted by atomic mass is 10.1. The molecule has 0 radical (unpaired) electrons. The van der Waals surface area contributed by atoms with Crippen molar-refractivity contribution in [3.05, 3.63) is 54.6 Å². The van der Waals surface area contributed by atoms with E-state index in [1.807, 2.05) is 49.4 Å². The summed E-state index contributed by atoms with van der Waals surface area (Å²) in [6, 6.07) is 17.8. The topological polar surface area (TPSA) is 50.7 Å². The van der Waals surface area contributed by atoms with Crippen molar-refractivity contribution in [2.45, 2.75) is 33.1 Å². The van der Waals surface area contributed by atoms with Crippen LogP contribution in [-0.4, -0.2) is 18.2 Å². The number of amides is 1. The van der Waals surface area contributed by atoms with Crippen LogP contribution in [0.4, 0.5) is 0 Å². The Labute approximate surface area is 143 Å². The van der Waals surface area contributed by atoms with Gasteiger partial charge in [-0.25, -0.2) is 5.43 Å². The van der Waals surface area contributed by atoms with E-state index in [9.17, 15) is 4.79 Å². The van der Waals surface area contributed by atoms with E-state index in [0.29, 0.717) is 5.75 Å². The first-order valence-electron chi connectivity index (χ1n) is 8.29. The molecule has 2 rings (SSSR count). The predicted molar refractivity (Wildman–Crippen MR) is 98.1 cm³/mol. The van der Waals surface area contributed by atoms with Gasteiger partial charge in [0.2, 0.25) is 0 Å². The molecule has 0 unspecified atom stereocenters. The molecule has 4 nitrogen and oxygen atoms in total. The third-order valence-electron chi connectivity index (χ3n) is 3.59. The minimum Gasteiger partial charge on any atom is -0.484 e. The van der Waals surface area contributed by atoms with Crippen molar-refractivity contribution in [3.63, 3.8) is 0 Å². The molecular formula is C20H24N2O2. The van der Waals surface area contributed by atoms with Crippen molar-refractivity contribution < 1.29 is 9.53 Å². The van der Waals surface area contributed by atoms with E-state index >= 15 is 0 Å². The predicted octanol–water partition coefficient (Wildman–Crippen LogP) is 4.41. The second kappa shape index (κ2) is 9.50. The van der Waals surface area contributed by atoms with Crippen molar-refractivity contribution >= 4 is 11.6 Å². The molecule has 0 saturated heterocycles. The molecule has 0 spiro atoms. The molecule has 2 aromatic rings. The van der Waals surface area contributed by atoms with Crippen LogP contribution in [0.15, 0.2) is 59.7 Å². The molecule has 0 saturated carbocycles. The second-order valence-electron chi connectivity index (χ2n) is 5.66. The molecule has 0 fully saturated rings. The Bertz CT molecular complexity index is 664. The zero-order chi connectivity index (χ0) is 17.2. The summed E-state index contributed by atoms with van der Waals surface area (Å²) in [7, 11) is 0. The zero-order valence-electron chi connectivity index (χ0n) is 14.3. The fourth-order valence-electron chi connectivity index (χ4n) is 2.20. The van der Waals surface area contributed by atoms with Gasteiger partial charge in [-0.2, -0.15) is 5.10 Å². The summed E-state index contributed by atoms with van der Waals surface area (Å²) in [5, 5.41) is 4.06. The number of unbranched alkanes of at least 4 members (excludes halogenated alkanes) is 1. The largest absolute Gasteiger partial charge is 0.484 e. The molecular weight excluding hydrogens is 300 g/mol. The van der Waals surface area contributed by atoms with Crippen LogP contribution in [-0.2, 0) is 4.79 Å². The highest BCUT2D eigenvalue weighted by atomic mass is 16.5. The molecule has 1 N–H and O–H groups in total. The van der Waals surface area contributed by atoms with E-state index in [1.165, 1.54) is 0 Å². The van der Waals surface area contributed by atoms with E-state index in [0.717, 1.165) is 36.1 Å². The molecule has 2 aromatic carbocycles. The third kappa shape index (κ3) is 5.88. The summed E-state index contributed by atoms with van der Waals surface area (Å²) in [5.41, 5.74) is 5.72. The number of hydrogen-bond acceptors (Lipinski definition) is 3. The molecule has 1 amide bonds. The van der Waals surface area contributed by atoms with Crippen LogP contribution in [0.3, 0.4) is 0 Å². The Morgan fingerprint density at radius 2 is 1.71 bits per heavy atom. The number of rotatable bonds is 8. The van der Waals surface area contributed by atoms with Crippen molar-refractivity contribution in [1.29, 1.82) is 0 Å². The maximum absolute atomic E-state index is 11.7. The summed E-state index contributed by atoms with van der Waals surface area (Å²) in [4.78, 5) is 11.7. The van der Waals surface area contributed by atoms with Crippen LogP contribution in [0.25, 0.3) is 11.1 Å². The molecule has 0 aliphatic carbocycles. The summed E-state index contributed by atoms with van der Waals surface area (Å²) >= 11 is 0. The Hall–Kier alpha value is -2.62. The standard InChI is InChI=1S/C20H24N2O2/c1-3-4-8-16(2)21-22-20(23)15-24-19-13-11-18(12-14-19)17-9-6-5-7-10-17/h5-7,9-14H,3-4,8,15H2,1-2H3,(H,22,23)/b21-16+. The first-order valence-corrected chi connectivity index (χ1v) is 8.29. The van der Waals surface area contributed by atoms with Crippen molar-refractivity contribution in [2.75, 3.05) is 6.61 Å². The smallest absolute Gasteiger partial charge is 0.277 e. The third-order valence-corrected chi connectivity index (χ3v) is 3.59. The lowest BCUT2D eigenvalue weighted by Gasteiger charge is -2.07. The zero-order valence-corrected chi connectivity index (χ0v) is 14.3. The van der Waals surface area contributed by atoms with Gasteiger partial charge in [0.25, 0.3) is 5.91 Å². The van der Waals surface area contributed by atoms with Crippen LogP contribution >= 0.6 is 0 Å². The van der Waals surface area contributed by atoms with Gasteiger partial charge in [0.05, 0.1) is 0 Å². The van der Waals surface area contributed by atoms with Gasteiger partial charge < -0.3 is 4.74 Å². The van der Waals surface area contributed by atoms with Gasteiger partial charge in [-0.3, -0.25) is 4.79 Å². The number of carbonyl (C=O) groups excluding carboxylic acids is 1. The monoisotopic (exact) mass is 324 g/mol. The van der Waals surface area contributed by atoms with Gasteiger partial charge in [-0.1, -0.05) is 55.8 Å². The van der Waals surface area contributed by atoms with E-state index < -0.39 is 0 Å². The van der Waals surface area contributed by atoms with E-state index in [1.54, 1.807) is 0 Å². The van der Waals surface area contributed by atoms with Crippen LogP contribution in [0, 0.1) is 0 Å². The summed E-state index contributed by atoms with van der Waals surface area (Å²) in [5.74, 6) is 0.412. The lowest BCUT2D eigenvalue weighted by Crippen LogP contribution is -2.25. The highest BCUT2D eigenvalue weighted by molar-refractivity contribution is 5.84. The van der Waals surface area contributed by atoms with E-state index in [-0.39, 0.29) is 12.5 Å². The molecule has 0 heterocycles. The van der Waals surface area contributed by atoms with Gasteiger partial charge in [0.1, 0.15) is 5.75 Å². The van der Waals surface area contributed by atoms with Crippen LogP contribution in [0.2, 0.25) is 0 Å². The number of nitrogens with one attached hydrogen (secondary N) is 1. The minimum absolute atomic E-state index is 0.0464. The van der Waals surface area contributed by atoms with E-state index in [2.05, 4.69) is 29.6 Å². The average molecular weight is 324 g/mol. The van der Waals surface area contributed by atoms with Crippen LogP contribution in [0.5, 0.6) is 5.75 Å². The van der Waals surface area contributed by atoms with Crippen LogP contribution < -0.4 is 10.2 Å². The number of hydrazone groups is 1. The Morgan fingerprint density at radius 1 is 1.04 bits per heavy atom. The van der Waals surface area contributed by atoms with Crippen molar-refractivity contribution in [2.24, 2.45) is 5.10 Å². The molecule has 0 aliphatic heterocycles. The maximum atomic E-state index is 11.7. The number of benzene rings is 2. The van der Waals surface area contributed by atoms with Crippen LogP contribution in [0.1, 0.15) is 33.1 Å². The van der Waals surface area contributed by atoms with Gasteiger partial charge >= 0.3 is 0 Å². The maximum Gasteiger partial charge on any atom is 0.277 e. The number of hydrogen-bond donors (Lipinski definition) is 1. The molecule has 24 heavy (non-hydrogen) atoms. The van der Waals surface area contributed by atoms with E-state index in [4.69, 9.17) is 4.74 Å². The van der Waals surface area contributed by atoms with Gasteiger partial charge in [-0.05, 0) is 43.0 Å². The first-order chi connectivity index (χ1) is 11.7. The van der Waals surface area contributed by atoms with Gasteiger partial charge in [-0.15, -0.1) is 0 Å². The second-order valence-corrected chi connectivity index (χ2v) is 5.66. The molecule has 0 bridgehead atoms. The van der Waals surface area contributed by atoms with Gasteiger partial charge in [0, 0.05) is 5.71 Å². The normalized spacial score (nSPS) is 11.2.